The molecular formula is C31H42Cl2N3O7S2+. The highest BCUT2D eigenvalue weighted by atomic mass is 35.5. The number of halogens is 2. The van der Waals surface area contributed by atoms with E-state index in [0.29, 0.717) is 22.5 Å². The first-order chi connectivity index (χ1) is 20.9. The molecule has 0 aliphatic heterocycles. The number of unbranched alkanes of at least 4 members (excludes halogenated alkanes) is 5. The fourth-order valence-corrected chi connectivity index (χ4v) is 6.13. The fraction of sp³-hybridized carbons (Fsp3) is 0.355. The van der Waals surface area contributed by atoms with Crippen molar-refractivity contribution >= 4 is 67.0 Å². The molecule has 45 heavy (non-hydrogen) atoms. The van der Waals surface area contributed by atoms with Gasteiger partial charge in [0.15, 0.2) is 0 Å². The quantitative estimate of drug-likeness (QED) is 0.0336. The third-order valence-corrected chi connectivity index (χ3v) is 9.00. The minimum absolute atomic E-state index is 0.0878. The topological polar surface area (TPSA) is 170 Å². The van der Waals surface area contributed by atoms with Gasteiger partial charge >= 0.3 is 0 Å². The van der Waals surface area contributed by atoms with Crippen LogP contribution in [0.5, 0.6) is 5.75 Å². The van der Waals surface area contributed by atoms with Gasteiger partial charge in [-0.05, 0) is 66.4 Å². The number of anilines is 2. The average Bonchev–Trinajstić information content (AvgIpc) is 2.93. The Balaban J connectivity index is 0.000000317. The Morgan fingerprint density at radius 2 is 1.24 bits per heavy atom. The summed E-state index contributed by atoms with van der Waals surface area (Å²) in [4.78, 5) is -0.856. The summed E-state index contributed by atoms with van der Waals surface area (Å²) in [6, 6.07) is 13.0. The van der Waals surface area contributed by atoms with Gasteiger partial charge in [-0.15, -0.1) is 0 Å². The maximum absolute atomic E-state index is 11.4. The second-order valence-electron chi connectivity index (χ2n) is 11.2. The van der Waals surface area contributed by atoms with Crippen molar-refractivity contribution in [1.82, 2.24) is 0 Å². The third kappa shape index (κ3) is 13.6. The van der Waals surface area contributed by atoms with Crippen LogP contribution in [-0.2, 0) is 20.2 Å². The number of hydrogen-bond acceptors (Lipinski definition) is 7. The van der Waals surface area contributed by atoms with E-state index < -0.39 is 30.0 Å². The van der Waals surface area contributed by atoms with Crippen molar-refractivity contribution in [1.29, 1.82) is 0 Å². The molecule has 3 aromatic carbocycles. The number of ether oxygens (including phenoxy) is 1. The number of benzene rings is 3. The maximum atomic E-state index is 11.4. The molecule has 248 valence electrons. The first-order valence-electron chi connectivity index (χ1n) is 14.2. The van der Waals surface area contributed by atoms with Crippen LogP contribution in [0.25, 0.3) is 12.2 Å². The van der Waals surface area contributed by atoms with E-state index >= 15 is 0 Å². The number of nitrogens with two attached hydrogens (primary N) is 2. The number of quaternary nitrogens is 1. The molecule has 0 unspecified atom stereocenters. The minimum atomic E-state index is -4.52. The second-order valence-corrected chi connectivity index (χ2v) is 14.8. The Morgan fingerprint density at radius 1 is 0.756 bits per heavy atom. The molecule has 6 N–H and O–H groups in total. The molecule has 0 aliphatic rings. The van der Waals surface area contributed by atoms with Gasteiger partial charge in [0.05, 0.1) is 25.7 Å². The van der Waals surface area contributed by atoms with E-state index in [2.05, 4.69) is 21.0 Å². The zero-order chi connectivity index (χ0) is 33.8. The summed E-state index contributed by atoms with van der Waals surface area (Å²) >= 11 is 12.0. The van der Waals surface area contributed by atoms with Crippen molar-refractivity contribution in [2.24, 2.45) is 0 Å². The fourth-order valence-electron chi connectivity index (χ4n) is 4.22. The van der Waals surface area contributed by atoms with Crippen molar-refractivity contribution in [2.45, 2.75) is 55.2 Å². The largest absolute Gasteiger partial charge is 0.444 e. The Morgan fingerprint density at radius 3 is 1.71 bits per heavy atom. The lowest BCUT2D eigenvalue weighted by Gasteiger charge is -2.29. The van der Waals surface area contributed by atoms with Crippen molar-refractivity contribution in [2.75, 3.05) is 38.8 Å². The maximum Gasteiger partial charge on any atom is 0.295 e. The van der Waals surface area contributed by atoms with Crippen LogP contribution in [0.2, 0.25) is 10.0 Å². The van der Waals surface area contributed by atoms with Gasteiger partial charge in [-0.1, -0.05) is 80.1 Å². The van der Waals surface area contributed by atoms with Gasteiger partial charge in [-0.3, -0.25) is 13.6 Å². The normalized spacial score (nSPS) is 12.2. The molecule has 14 heteroatoms. The Bertz CT molecular complexity index is 1600. The molecule has 0 atom stereocenters. The Kier molecular flexibility index (Phi) is 14.6. The van der Waals surface area contributed by atoms with Gasteiger partial charge in [0, 0.05) is 16.4 Å². The van der Waals surface area contributed by atoms with Gasteiger partial charge in [0.25, 0.3) is 20.2 Å². The summed E-state index contributed by atoms with van der Waals surface area (Å²) in [6.45, 7) is 3.99. The highest BCUT2D eigenvalue weighted by molar-refractivity contribution is 7.86. The second kappa shape index (κ2) is 17.2. The van der Waals surface area contributed by atoms with Gasteiger partial charge in [-0.2, -0.15) is 16.8 Å². The summed E-state index contributed by atoms with van der Waals surface area (Å²) in [5, 5.41) is 1.20. The minimum Gasteiger partial charge on any atom is -0.444 e. The predicted molar refractivity (Wildman–Crippen MR) is 183 cm³/mol. The predicted octanol–water partition coefficient (Wildman–Crippen LogP) is 7.28. The lowest BCUT2D eigenvalue weighted by atomic mass is 10.1. The molecule has 0 saturated heterocycles. The van der Waals surface area contributed by atoms with Gasteiger partial charge in [0.2, 0.25) is 6.73 Å². The lowest BCUT2D eigenvalue weighted by Crippen LogP contribution is -2.43. The van der Waals surface area contributed by atoms with Crippen LogP contribution in [0.4, 0.5) is 11.4 Å². The van der Waals surface area contributed by atoms with Crippen molar-refractivity contribution < 1.29 is 35.2 Å². The number of nitrogen functional groups attached to an aromatic ring is 2. The smallest absolute Gasteiger partial charge is 0.295 e. The van der Waals surface area contributed by atoms with Crippen LogP contribution < -0.4 is 16.2 Å². The van der Waals surface area contributed by atoms with Crippen LogP contribution >= 0.6 is 23.2 Å². The molecule has 0 aromatic heterocycles. The van der Waals surface area contributed by atoms with Crippen LogP contribution in [0, 0.1) is 0 Å². The molecule has 0 bridgehead atoms. The number of nitrogens with zero attached hydrogens (tertiary/aromatic N) is 1. The summed E-state index contributed by atoms with van der Waals surface area (Å²) in [5.74, 6) is 0.704. The van der Waals surface area contributed by atoms with Gasteiger partial charge in [0.1, 0.15) is 15.5 Å². The SMILES string of the molecule is CCCCCCCC[N+](C)(C)COc1ccc(Cl)cc1Cl.Nc1ccc(/C=C/c2ccc(N)cc2S(=O)(=O)O)c(S(=O)(=O)O)c1. The van der Waals surface area contributed by atoms with Crippen LogP contribution in [0.3, 0.4) is 0 Å². The van der Waals surface area contributed by atoms with E-state index in [4.69, 9.17) is 39.4 Å². The molecule has 0 saturated carbocycles. The zero-order valence-corrected chi connectivity index (χ0v) is 28.8. The third-order valence-electron chi connectivity index (χ3n) is 6.65. The molecule has 0 amide bonds. The highest BCUT2D eigenvalue weighted by Crippen LogP contribution is 2.28. The summed E-state index contributed by atoms with van der Waals surface area (Å²) in [6.07, 6.45) is 10.5. The molecular weight excluding hydrogens is 661 g/mol. The summed E-state index contributed by atoms with van der Waals surface area (Å²) in [7, 11) is -4.67. The molecule has 0 spiro atoms. The van der Waals surface area contributed by atoms with E-state index in [1.54, 1.807) is 12.1 Å². The average molecular weight is 704 g/mol. The van der Waals surface area contributed by atoms with Crippen molar-refractivity contribution in [3.05, 3.63) is 75.8 Å². The molecule has 0 radical (unpaired) electrons. The summed E-state index contributed by atoms with van der Waals surface area (Å²) in [5.41, 5.74) is 11.4. The monoisotopic (exact) mass is 702 g/mol. The lowest BCUT2D eigenvalue weighted by molar-refractivity contribution is -0.905. The Hall–Kier alpha value is -2.84. The zero-order valence-electron chi connectivity index (χ0n) is 25.6. The molecule has 10 nitrogen and oxygen atoms in total. The van der Waals surface area contributed by atoms with E-state index in [9.17, 15) is 25.9 Å². The van der Waals surface area contributed by atoms with E-state index in [1.165, 1.54) is 74.9 Å². The first-order valence-corrected chi connectivity index (χ1v) is 17.9. The first kappa shape index (κ1) is 38.3. The van der Waals surface area contributed by atoms with Gasteiger partial charge < -0.3 is 16.2 Å². The summed E-state index contributed by atoms with van der Waals surface area (Å²) < 4.78 is 70.8. The van der Waals surface area contributed by atoms with E-state index in [0.717, 1.165) is 23.2 Å². The molecule has 0 heterocycles. The highest BCUT2D eigenvalue weighted by Gasteiger charge is 2.18. The number of hydrogen-bond donors (Lipinski definition) is 4. The van der Waals surface area contributed by atoms with Crippen molar-refractivity contribution in [3.63, 3.8) is 0 Å². The molecule has 0 aliphatic carbocycles. The standard InChI is InChI=1S/C17H28Cl2NO.C14H14N2O6S2/c1-4-5-6-7-8-9-12-20(2,3)14-21-17-11-10-15(18)13-16(17)19;15-11-5-3-9(13(7-11)23(17,18)19)1-2-10-4-6-12(16)8-14(10)24(20,21)22/h10-11,13H,4-9,12,14H2,1-3H3;1-8H,15-16H2,(H,17,18,19)(H,20,21,22)/q+1;/b;2-1+. The van der Waals surface area contributed by atoms with Crippen LogP contribution in [-0.4, -0.2) is 57.8 Å². The van der Waals surface area contributed by atoms with Crippen LogP contribution in [0.1, 0.15) is 56.6 Å². The van der Waals surface area contributed by atoms with Gasteiger partial charge in [-0.25, -0.2) is 0 Å². The van der Waals surface area contributed by atoms with E-state index in [1.807, 2.05) is 6.07 Å². The molecule has 3 rings (SSSR count). The molecule has 0 fully saturated rings. The van der Waals surface area contributed by atoms with Crippen LogP contribution in [0.15, 0.2) is 64.4 Å². The van der Waals surface area contributed by atoms with Crippen molar-refractivity contribution in [3.8, 4) is 5.75 Å². The number of rotatable bonds is 14. The van der Waals surface area contributed by atoms with E-state index in [-0.39, 0.29) is 22.5 Å². The molecule has 3 aromatic rings. The Labute approximate surface area is 276 Å².